The van der Waals surface area contributed by atoms with Crippen molar-refractivity contribution in [2.24, 2.45) is 0 Å². The van der Waals surface area contributed by atoms with Crippen LogP contribution < -0.4 is 10.3 Å². The van der Waals surface area contributed by atoms with Gasteiger partial charge in [-0.15, -0.1) is 0 Å². The molecule has 0 bridgehead atoms. The van der Waals surface area contributed by atoms with Crippen LogP contribution in [0.2, 0.25) is 0 Å². The van der Waals surface area contributed by atoms with E-state index in [2.05, 4.69) is 4.98 Å². The molecule has 6 heteroatoms. The summed E-state index contributed by atoms with van der Waals surface area (Å²) in [5, 5.41) is 8.97. The Morgan fingerprint density at radius 3 is 2.94 bits per heavy atom. The molecule has 0 radical (unpaired) electrons. The molecule has 1 N–H and O–H groups in total. The Morgan fingerprint density at radius 2 is 2.29 bits per heavy atom. The van der Waals surface area contributed by atoms with Gasteiger partial charge in [0.05, 0.1) is 6.61 Å². The molecule has 0 saturated carbocycles. The first-order valence-electron chi connectivity index (χ1n) is 5.69. The molecule has 0 amide bonds. The highest BCUT2D eigenvalue weighted by molar-refractivity contribution is 5.01. The Bertz CT molecular complexity index is 405. The third kappa shape index (κ3) is 3.28. The first kappa shape index (κ1) is 13.7. The third-order valence-electron chi connectivity index (χ3n) is 2.19. The van der Waals surface area contributed by atoms with Crippen molar-refractivity contribution in [2.45, 2.75) is 33.1 Å². The zero-order valence-electron chi connectivity index (χ0n) is 10.3. The fourth-order valence-electron chi connectivity index (χ4n) is 1.43. The van der Waals surface area contributed by atoms with Crippen LogP contribution in [0.3, 0.4) is 0 Å². The lowest BCUT2D eigenvalue weighted by atomic mass is 10.4. The van der Waals surface area contributed by atoms with Gasteiger partial charge in [0.1, 0.15) is 18.9 Å². The van der Waals surface area contributed by atoms with Gasteiger partial charge in [0.25, 0.3) is 5.56 Å². The zero-order chi connectivity index (χ0) is 12.8. The number of nitrogens with zero attached hydrogens (tertiary/aromatic N) is 2. The van der Waals surface area contributed by atoms with Gasteiger partial charge in [-0.3, -0.25) is 9.36 Å². The maximum atomic E-state index is 11.0. The molecule has 0 aromatic carbocycles. The molecule has 2 rings (SSSR count). The topological polar surface area (TPSA) is 73.6 Å². The number of rotatable bonds is 1. The minimum absolute atomic E-state index is 0.122. The molecule has 1 aromatic rings. The second kappa shape index (κ2) is 6.36. The van der Waals surface area contributed by atoms with E-state index in [0.717, 1.165) is 0 Å². The summed E-state index contributed by atoms with van der Waals surface area (Å²) < 4.78 is 12.4. The van der Waals surface area contributed by atoms with Gasteiger partial charge >= 0.3 is 6.01 Å². The minimum Gasteiger partial charge on any atom is -0.462 e. The molecular weight excluding hydrogens is 224 g/mol. The van der Waals surface area contributed by atoms with E-state index >= 15 is 0 Å². The van der Waals surface area contributed by atoms with Crippen molar-refractivity contribution in [1.82, 2.24) is 9.55 Å². The quantitative estimate of drug-likeness (QED) is 0.778. The van der Waals surface area contributed by atoms with Gasteiger partial charge in [0.15, 0.2) is 0 Å². The van der Waals surface area contributed by atoms with Crippen LogP contribution in [0.5, 0.6) is 6.01 Å². The van der Waals surface area contributed by atoms with Crippen molar-refractivity contribution in [3.63, 3.8) is 0 Å². The number of ether oxygens (including phenoxy) is 2. The summed E-state index contributed by atoms with van der Waals surface area (Å²) in [5.41, 5.74) is -0.351. The van der Waals surface area contributed by atoms with Gasteiger partial charge in [-0.05, 0) is 6.92 Å². The second-order valence-electron chi connectivity index (χ2n) is 3.31. The van der Waals surface area contributed by atoms with E-state index in [1.807, 2.05) is 13.8 Å². The molecule has 6 nitrogen and oxygen atoms in total. The van der Waals surface area contributed by atoms with Crippen molar-refractivity contribution in [3.8, 4) is 6.01 Å². The van der Waals surface area contributed by atoms with Gasteiger partial charge in [0.2, 0.25) is 0 Å². The van der Waals surface area contributed by atoms with Gasteiger partial charge in [-0.25, -0.2) is 0 Å². The molecular formula is C11H18N2O4. The monoisotopic (exact) mass is 242 g/mol. The number of fused-ring (bicyclic) bond motifs is 1. The van der Waals surface area contributed by atoms with Crippen LogP contribution >= 0.6 is 0 Å². The van der Waals surface area contributed by atoms with E-state index in [4.69, 9.17) is 14.6 Å². The molecule has 1 aliphatic rings. The van der Waals surface area contributed by atoms with Gasteiger partial charge in [0, 0.05) is 12.3 Å². The molecule has 17 heavy (non-hydrogen) atoms. The van der Waals surface area contributed by atoms with E-state index in [1.54, 1.807) is 17.7 Å². The highest BCUT2D eigenvalue weighted by Crippen LogP contribution is 2.20. The van der Waals surface area contributed by atoms with E-state index < -0.39 is 6.10 Å². The van der Waals surface area contributed by atoms with E-state index in [9.17, 15) is 4.79 Å². The van der Waals surface area contributed by atoms with Gasteiger partial charge in [-0.1, -0.05) is 13.8 Å². The number of hydrogen-bond donors (Lipinski definition) is 1. The lowest BCUT2D eigenvalue weighted by Crippen LogP contribution is -2.24. The van der Waals surface area contributed by atoms with E-state index in [0.29, 0.717) is 0 Å². The van der Waals surface area contributed by atoms with E-state index in [1.165, 1.54) is 6.07 Å². The first-order chi connectivity index (χ1) is 8.20. The van der Waals surface area contributed by atoms with Gasteiger partial charge < -0.3 is 14.6 Å². The molecule has 2 heterocycles. The standard InChI is InChI=1S/C9H12N2O4.C2H6/c1-6-11-3-2-8(13)10-9(11)14-5-7(4-12)15-6;1-2/h2-3,6-7,12H,4-5H2,1H3;1-2H3. The molecule has 1 aliphatic heterocycles. The van der Waals surface area contributed by atoms with Crippen molar-refractivity contribution in [3.05, 3.63) is 22.6 Å². The Balaban J connectivity index is 0.000000686. The molecule has 0 saturated heterocycles. The summed E-state index contributed by atoms with van der Waals surface area (Å²) >= 11 is 0. The van der Waals surface area contributed by atoms with Crippen molar-refractivity contribution in [2.75, 3.05) is 13.2 Å². The number of aliphatic hydroxyl groups is 1. The van der Waals surface area contributed by atoms with Crippen molar-refractivity contribution >= 4 is 0 Å². The fourth-order valence-corrected chi connectivity index (χ4v) is 1.43. The summed E-state index contributed by atoms with van der Waals surface area (Å²) in [4.78, 5) is 14.7. The number of aliphatic hydroxyl groups excluding tert-OH is 1. The maximum Gasteiger partial charge on any atom is 0.301 e. The van der Waals surface area contributed by atoms with Crippen LogP contribution in [0.15, 0.2) is 17.1 Å². The van der Waals surface area contributed by atoms with E-state index in [-0.39, 0.29) is 31.0 Å². The number of aromatic nitrogens is 2. The summed E-state index contributed by atoms with van der Waals surface area (Å²) in [6, 6.07) is 1.57. The summed E-state index contributed by atoms with van der Waals surface area (Å²) in [7, 11) is 0. The summed E-state index contributed by atoms with van der Waals surface area (Å²) in [6.07, 6.45) is 0.860. The lowest BCUT2D eigenvalue weighted by molar-refractivity contribution is -0.0639. The summed E-state index contributed by atoms with van der Waals surface area (Å²) in [5.74, 6) is 0. The van der Waals surface area contributed by atoms with Crippen LogP contribution in [0.25, 0.3) is 0 Å². The van der Waals surface area contributed by atoms with Crippen molar-refractivity contribution < 1.29 is 14.6 Å². The second-order valence-corrected chi connectivity index (χ2v) is 3.31. The highest BCUT2D eigenvalue weighted by atomic mass is 16.6. The molecule has 2 atom stereocenters. The highest BCUT2D eigenvalue weighted by Gasteiger charge is 2.22. The molecule has 0 fully saturated rings. The molecule has 0 spiro atoms. The zero-order valence-corrected chi connectivity index (χ0v) is 10.3. The summed E-state index contributed by atoms with van der Waals surface area (Å²) in [6.45, 7) is 5.87. The van der Waals surface area contributed by atoms with Crippen LogP contribution in [0.1, 0.15) is 27.0 Å². The molecule has 96 valence electrons. The van der Waals surface area contributed by atoms with Crippen LogP contribution in [-0.4, -0.2) is 34.0 Å². The lowest BCUT2D eigenvalue weighted by Gasteiger charge is -2.16. The predicted octanol–water partition coefficient (Wildman–Crippen LogP) is 0.558. The number of hydrogen-bond acceptors (Lipinski definition) is 5. The Kier molecular flexibility index (Phi) is 5.11. The average Bonchev–Trinajstić information content (AvgIpc) is 2.51. The van der Waals surface area contributed by atoms with Gasteiger partial charge in [-0.2, -0.15) is 4.98 Å². The SMILES string of the molecule is CC.CC1OC(CO)COc2nc(=O)ccn21. The third-order valence-corrected chi connectivity index (χ3v) is 2.19. The smallest absolute Gasteiger partial charge is 0.301 e. The van der Waals surface area contributed by atoms with Crippen LogP contribution in [0, 0.1) is 0 Å². The molecule has 2 unspecified atom stereocenters. The molecule has 1 aromatic heterocycles. The Hall–Kier alpha value is -1.40. The van der Waals surface area contributed by atoms with Crippen LogP contribution in [-0.2, 0) is 4.74 Å². The normalized spacial score (nSPS) is 22.6. The Labute approximate surface area is 99.8 Å². The van der Waals surface area contributed by atoms with Crippen molar-refractivity contribution in [1.29, 1.82) is 0 Å². The maximum absolute atomic E-state index is 11.0. The Morgan fingerprint density at radius 1 is 1.59 bits per heavy atom. The predicted molar refractivity (Wildman–Crippen MR) is 62.0 cm³/mol. The fraction of sp³-hybridized carbons (Fsp3) is 0.636. The molecule has 0 aliphatic carbocycles. The largest absolute Gasteiger partial charge is 0.462 e. The first-order valence-corrected chi connectivity index (χ1v) is 5.69. The van der Waals surface area contributed by atoms with Crippen LogP contribution in [0.4, 0.5) is 0 Å². The minimum atomic E-state index is -0.392. The average molecular weight is 242 g/mol.